The van der Waals surface area contributed by atoms with Gasteiger partial charge in [0.15, 0.2) is 5.13 Å². The molecule has 4 rings (SSSR count). The average molecular weight is 501 g/mol. The van der Waals surface area contributed by atoms with Gasteiger partial charge in [-0.2, -0.15) is 0 Å². The Balaban J connectivity index is 0.00000324. The van der Waals surface area contributed by atoms with E-state index in [2.05, 4.69) is 24.0 Å². The summed E-state index contributed by atoms with van der Waals surface area (Å²) in [6.45, 7) is 3.47. The van der Waals surface area contributed by atoms with Gasteiger partial charge < -0.3 is 4.90 Å². The highest BCUT2D eigenvalue weighted by atomic mass is 35.5. The van der Waals surface area contributed by atoms with E-state index >= 15 is 0 Å². The zero-order chi connectivity index (χ0) is 23.5. The summed E-state index contributed by atoms with van der Waals surface area (Å²) < 4.78 is 1.05. The summed E-state index contributed by atoms with van der Waals surface area (Å²) in [6.07, 6.45) is 2.14. The van der Waals surface area contributed by atoms with Gasteiger partial charge in [0.05, 0.1) is 15.9 Å². The van der Waals surface area contributed by atoms with E-state index in [0.29, 0.717) is 22.9 Å². The number of hydrogen-bond acceptors (Lipinski definition) is 6. The first-order valence-electron chi connectivity index (χ1n) is 11.2. The lowest BCUT2D eigenvalue weighted by atomic mass is 10.1. The third kappa shape index (κ3) is 5.46. The van der Waals surface area contributed by atoms with E-state index in [9.17, 15) is 14.4 Å². The first-order chi connectivity index (χ1) is 15.9. The third-order valence-electron chi connectivity index (χ3n) is 5.72. The Morgan fingerprint density at radius 2 is 1.79 bits per heavy atom. The van der Waals surface area contributed by atoms with Crippen molar-refractivity contribution in [3.8, 4) is 0 Å². The number of fused-ring (bicyclic) bond motifs is 1. The van der Waals surface area contributed by atoms with Crippen LogP contribution < -0.4 is 9.80 Å². The normalized spacial score (nSPS) is 13.6. The van der Waals surface area contributed by atoms with Crippen LogP contribution in [0.2, 0.25) is 0 Å². The number of benzene rings is 2. The molecule has 7 nitrogen and oxygen atoms in total. The van der Waals surface area contributed by atoms with Crippen LogP contribution in [0.15, 0.2) is 42.5 Å². The number of amides is 3. The quantitative estimate of drug-likeness (QED) is 0.425. The van der Waals surface area contributed by atoms with Gasteiger partial charge in [-0.3, -0.25) is 24.2 Å². The summed E-state index contributed by atoms with van der Waals surface area (Å²) >= 11 is 1.51. The van der Waals surface area contributed by atoms with Crippen molar-refractivity contribution in [1.82, 2.24) is 9.88 Å². The molecule has 9 heteroatoms. The van der Waals surface area contributed by atoms with E-state index in [4.69, 9.17) is 4.98 Å². The molecule has 3 amide bonds. The Hall–Kier alpha value is -2.81. The van der Waals surface area contributed by atoms with Gasteiger partial charge >= 0.3 is 0 Å². The zero-order valence-corrected chi connectivity index (χ0v) is 21.2. The standard InChI is InChI=1S/C25H28N4O3S.ClH/c1-4-17-9-10-20-21(15-17)33-25(26-20)28(14-6-13-27(2)3)24(32)18-7-5-8-19(16-18)29-22(30)11-12-23(29)31;/h5,7-10,15-16H,4,6,11-14H2,1-3H3;1H. The Labute approximate surface area is 209 Å². The van der Waals surface area contributed by atoms with Gasteiger partial charge in [0.1, 0.15) is 0 Å². The largest absolute Gasteiger partial charge is 0.309 e. The Kier molecular flexibility index (Phi) is 8.41. The van der Waals surface area contributed by atoms with Gasteiger partial charge in [0.25, 0.3) is 5.91 Å². The van der Waals surface area contributed by atoms with Crippen molar-refractivity contribution in [2.24, 2.45) is 0 Å². The maximum absolute atomic E-state index is 13.6. The number of carbonyl (C=O) groups excluding carboxylic acids is 3. The van der Waals surface area contributed by atoms with Crippen LogP contribution in [0.3, 0.4) is 0 Å². The second-order valence-electron chi connectivity index (χ2n) is 8.44. The van der Waals surface area contributed by atoms with Crippen LogP contribution in [-0.4, -0.2) is 54.8 Å². The molecular formula is C25H29ClN4O3S. The van der Waals surface area contributed by atoms with Gasteiger partial charge in [-0.25, -0.2) is 4.98 Å². The van der Waals surface area contributed by atoms with Crippen LogP contribution in [0.1, 0.15) is 42.1 Å². The molecule has 0 unspecified atom stereocenters. The number of hydrogen-bond donors (Lipinski definition) is 0. The highest BCUT2D eigenvalue weighted by Crippen LogP contribution is 2.31. The van der Waals surface area contributed by atoms with Gasteiger partial charge in [-0.15, -0.1) is 12.4 Å². The summed E-state index contributed by atoms with van der Waals surface area (Å²) in [6, 6.07) is 13.0. The molecule has 0 aliphatic carbocycles. The molecule has 0 radical (unpaired) electrons. The number of imide groups is 1. The number of carbonyl (C=O) groups is 3. The summed E-state index contributed by atoms with van der Waals surface area (Å²) in [5.41, 5.74) is 2.98. The van der Waals surface area contributed by atoms with E-state index < -0.39 is 0 Å². The van der Waals surface area contributed by atoms with Crippen LogP contribution in [0.4, 0.5) is 10.8 Å². The fourth-order valence-corrected chi connectivity index (χ4v) is 4.97. The Bertz CT molecular complexity index is 1190. The lowest BCUT2D eigenvalue weighted by molar-refractivity contribution is -0.121. The van der Waals surface area contributed by atoms with Crippen molar-refractivity contribution >= 4 is 62.5 Å². The van der Waals surface area contributed by atoms with Gasteiger partial charge in [0, 0.05) is 24.9 Å². The molecular weight excluding hydrogens is 472 g/mol. The zero-order valence-electron chi connectivity index (χ0n) is 19.6. The van der Waals surface area contributed by atoms with Crippen molar-refractivity contribution in [3.63, 3.8) is 0 Å². The predicted octanol–water partition coefficient (Wildman–Crippen LogP) is 4.53. The fraction of sp³-hybridized carbons (Fsp3) is 0.360. The molecule has 0 spiro atoms. The SMILES string of the molecule is CCc1ccc2nc(N(CCCN(C)C)C(=O)c3cccc(N4C(=O)CCC4=O)c3)sc2c1.Cl. The van der Waals surface area contributed by atoms with E-state index in [1.165, 1.54) is 21.8 Å². The molecule has 2 heterocycles. The lowest BCUT2D eigenvalue weighted by Gasteiger charge is -2.22. The van der Waals surface area contributed by atoms with Crippen molar-refractivity contribution in [3.05, 3.63) is 53.6 Å². The predicted molar refractivity (Wildman–Crippen MR) is 139 cm³/mol. The van der Waals surface area contributed by atoms with Gasteiger partial charge in [-0.05, 0) is 69.4 Å². The third-order valence-corrected chi connectivity index (χ3v) is 6.76. The summed E-state index contributed by atoms with van der Waals surface area (Å²) in [7, 11) is 4.01. The second kappa shape index (κ2) is 11.1. The molecule has 0 bridgehead atoms. The summed E-state index contributed by atoms with van der Waals surface area (Å²) in [4.78, 5) is 47.7. The monoisotopic (exact) mass is 500 g/mol. The molecule has 1 aromatic heterocycles. The van der Waals surface area contributed by atoms with Crippen LogP contribution in [0.25, 0.3) is 10.2 Å². The lowest BCUT2D eigenvalue weighted by Crippen LogP contribution is -2.34. The number of anilines is 2. The molecule has 0 N–H and O–H groups in total. The molecule has 34 heavy (non-hydrogen) atoms. The number of halogens is 1. The molecule has 1 aliphatic rings. The average Bonchev–Trinajstić information content (AvgIpc) is 3.37. The summed E-state index contributed by atoms with van der Waals surface area (Å²) in [5, 5.41) is 0.653. The van der Waals surface area contributed by atoms with Crippen LogP contribution >= 0.6 is 23.7 Å². The van der Waals surface area contributed by atoms with Crippen molar-refractivity contribution in [2.45, 2.75) is 32.6 Å². The molecule has 2 aromatic carbocycles. The topological polar surface area (TPSA) is 73.8 Å². The molecule has 0 atom stereocenters. The number of thiazole rings is 1. The minimum atomic E-state index is -0.231. The first-order valence-corrected chi connectivity index (χ1v) is 12.0. The molecule has 1 saturated heterocycles. The first kappa shape index (κ1) is 25.8. The number of aromatic nitrogens is 1. The molecule has 1 aliphatic heterocycles. The van der Waals surface area contributed by atoms with Crippen LogP contribution in [0.5, 0.6) is 0 Å². The second-order valence-corrected chi connectivity index (χ2v) is 9.45. The highest BCUT2D eigenvalue weighted by Gasteiger charge is 2.31. The van der Waals surface area contributed by atoms with Gasteiger partial charge in [-0.1, -0.05) is 30.4 Å². The number of rotatable bonds is 8. The van der Waals surface area contributed by atoms with E-state index in [0.717, 1.165) is 29.6 Å². The molecule has 1 fully saturated rings. The summed E-state index contributed by atoms with van der Waals surface area (Å²) in [5.74, 6) is -0.653. The number of nitrogens with zero attached hydrogens (tertiary/aromatic N) is 4. The molecule has 0 saturated carbocycles. The highest BCUT2D eigenvalue weighted by molar-refractivity contribution is 7.22. The van der Waals surface area contributed by atoms with E-state index in [-0.39, 0.29) is 43.0 Å². The molecule has 180 valence electrons. The Morgan fingerprint density at radius 1 is 1.06 bits per heavy atom. The number of aryl methyl sites for hydroxylation is 1. The Morgan fingerprint density at radius 3 is 2.47 bits per heavy atom. The van der Waals surface area contributed by atoms with Crippen molar-refractivity contribution in [1.29, 1.82) is 0 Å². The van der Waals surface area contributed by atoms with Gasteiger partial charge in [0.2, 0.25) is 11.8 Å². The smallest absolute Gasteiger partial charge is 0.260 e. The van der Waals surface area contributed by atoms with E-state index in [1.54, 1.807) is 29.2 Å². The van der Waals surface area contributed by atoms with Crippen molar-refractivity contribution in [2.75, 3.05) is 37.0 Å². The van der Waals surface area contributed by atoms with Crippen molar-refractivity contribution < 1.29 is 14.4 Å². The molecule has 3 aromatic rings. The minimum absolute atomic E-state index is 0. The maximum Gasteiger partial charge on any atom is 0.260 e. The fourth-order valence-electron chi connectivity index (χ4n) is 3.92. The van der Waals surface area contributed by atoms with Crippen LogP contribution in [-0.2, 0) is 16.0 Å². The minimum Gasteiger partial charge on any atom is -0.309 e. The maximum atomic E-state index is 13.6. The van der Waals surface area contributed by atoms with Crippen LogP contribution in [0, 0.1) is 0 Å². The van der Waals surface area contributed by atoms with E-state index in [1.807, 2.05) is 20.2 Å².